The topological polar surface area (TPSA) is 52.3 Å². The molecule has 5 heteroatoms. The second kappa shape index (κ2) is 4.72. The van der Waals surface area contributed by atoms with E-state index >= 15 is 0 Å². The second-order valence-corrected chi connectivity index (χ2v) is 3.17. The van der Waals surface area contributed by atoms with Gasteiger partial charge in [0.25, 0.3) is 0 Å². The first-order chi connectivity index (χ1) is 6.97. The number of alkyl halides is 2. The quantitative estimate of drug-likeness (QED) is 0.781. The van der Waals surface area contributed by atoms with Gasteiger partial charge < -0.3 is 10.5 Å². The van der Waals surface area contributed by atoms with E-state index in [1.54, 1.807) is 6.07 Å². The van der Waals surface area contributed by atoms with Crippen molar-refractivity contribution in [2.45, 2.75) is 20.0 Å². The molecule has 0 spiro atoms. The van der Waals surface area contributed by atoms with Crippen molar-refractivity contribution in [3.8, 4) is 5.75 Å². The third-order valence-corrected chi connectivity index (χ3v) is 1.67. The minimum absolute atomic E-state index is 0.0266. The Kier molecular flexibility index (Phi) is 3.60. The number of Topliss-reactive ketones (excluding diaryl/α,β-unsaturated/α-hetero) is 1. The molecule has 1 aromatic carbocycles. The van der Waals surface area contributed by atoms with Gasteiger partial charge in [-0.3, -0.25) is 4.79 Å². The molecule has 0 aliphatic heterocycles. The second-order valence-electron chi connectivity index (χ2n) is 3.17. The summed E-state index contributed by atoms with van der Waals surface area (Å²) in [6.45, 7) is -1.48. The molecule has 0 amide bonds. The predicted octanol–water partition coefficient (Wildman–Crippen LogP) is 2.00. The summed E-state index contributed by atoms with van der Waals surface area (Å²) in [5.41, 5.74) is 6.34. The van der Waals surface area contributed by atoms with Crippen LogP contribution in [0.2, 0.25) is 0 Å². The number of carbonyl (C=O) groups excluding carboxylic acids is 1. The first-order valence-electron chi connectivity index (χ1n) is 4.31. The zero-order valence-corrected chi connectivity index (χ0v) is 8.17. The molecule has 15 heavy (non-hydrogen) atoms. The molecule has 0 saturated carbocycles. The third kappa shape index (κ3) is 3.93. The lowest BCUT2D eigenvalue weighted by Gasteiger charge is -2.07. The molecule has 0 aromatic heterocycles. The Bertz CT molecular complexity index is 366. The van der Waals surface area contributed by atoms with Crippen LogP contribution in [-0.4, -0.2) is 12.4 Å². The van der Waals surface area contributed by atoms with Crippen LogP contribution in [0.5, 0.6) is 5.75 Å². The Labute approximate surface area is 85.8 Å². The highest BCUT2D eigenvalue weighted by molar-refractivity contribution is 5.78. The van der Waals surface area contributed by atoms with Gasteiger partial charge in [-0.05, 0) is 24.6 Å². The lowest BCUT2D eigenvalue weighted by Crippen LogP contribution is -2.04. The number of ketones is 1. The average molecular weight is 215 g/mol. The van der Waals surface area contributed by atoms with E-state index in [2.05, 4.69) is 4.74 Å². The highest BCUT2D eigenvalue weighted by Crippen LogP contribution is 2.21. The van der Waals surface area contributed by atoms with Crippen molar-refractivity contribution in [2.75, 3.05) is 5.73 Å². The summed E-state index contributed by atoms with van der Waals surface area (Å²) < 4.78 is 28.0. The normalized spacial score (nSPS) is 10.4. The number of halogens is 2. The lowest BCUT2D eigenvalue weighted by atomic mass is 10.1. The highest BCUT2D eigenvalue weighted by atomic mass is 19.3. The summed E-state index contributed by atoms with van der Waals surface area (Å²) in [6, 6.07) is 4.22. The molecule has 0 unspecified atom stereocenters. The van der Waals surface area contributed by atoms with Crippen LogP contribution in [0.3, 0.4) is 0 Å². The third-order valence-electron chi connectivity index (χ3n) is 1.67. The van der Waals surface area contributed by atoms with E-state index in [1.807, 2.05) is 0 Å². The molecule has 0 heterocycles. The van der Waals surface area contributed by atoms with Crippen molar-refractivity contribution >= 4 is 11.5 Å². The van der Waals surface area contributed by atoms with Gasteiger partial charge in [0.1, 0.15) is 11.5 Å². The molecule has 0 atom stereocenters. The van der Waals surface area contributed by atoms with Gasteiger partial charge in [-0.15, -0.1) is 0 Å². The zero-order chi connectivity index (χ0) is 11.4. The molecule has 0 bridgehead atoms. The fourth-order valence-corrected chi connectivity index (χ4v) is 1.25. The summed E-state index contributed by atoms with van der Waals surface area (Å²) in [5, 5.41) is 0. The van der Waals surface area contributed by atoms with Crippen molar-refractivity contribution in [1.29, 1.82) is 0 Å². The summed E-state index contributed by atoms with van der Waals surface area (Å²) in [4.78, 5) is 10.8. The number of ether oxygens (including phenoxy) is 1. The Morgan fingerprint density at radius 3 is 2.67 bits per heavy atom. The number of carbonyl (C=O) groups is 1. The zero-order valence-electron chi connectivity index (χ0n) is 8.17. The van der Waals surface area contributed by atoms with Crippen LogP contribution in [0, 0.1) is 0 Å². The van der Waals surface area contributed by atoms with Gasteiger partial charge in [-0.25, -0.2) is 0 Å². The molecule has 0 aliphatic carbocycles. The number of anilines is 1. The Hall–Kier alpha value is -1.65. The monoisotopic (exact) mass is 215 g/mol. The van der Waals surface area contributed by atoms with Crippen LogP contribution >= 0.6 is 0 Å². The van der Waals surface area contributed by atoms with E-state index in [0.717, 1.165) is 0 Å². The van der Waals surface area contributed by atoms with E-state index in [4.69, 9.17) is 5.73 Å². The first kappa shape index (κ1) is 11.4. The minimum atomic E-state index is -2.89. The van der Waals surface area contributed by atoms with Gasteiger partial charge in [-0.1, -0.05) is 0 Å². The number of hydrogen-bond acceptors (Lipinski definition) is 3. The fourth-order valence-electron chi connectivity index (χ4n) is 1.25. The van der Waals surface area contributed by atoms with Gasteiger partial charge in [0.2, 0.25) is 0 Å². The molecular weight excluding hydrogens is 204 g/mol. The number of hydrogen-bond donors (Lipinski definition) is 1. The number of benzene rings is 1. The van der Waals surface area contributed by atoms with Gasteiger partial charge in [-0.2, -0.15) is 8.78 Å². The van der Waals surface area contributed by atoms with Crippen LogP contribution in [0.25, 0.3) is 0 Å². The average Bonchev–Trinajstić information content (AvgIpc) is 1.98. The largest absolute Gasteiger partial charge is 0.435 e. The SMILES string of the molecule is CC(=O)Cc1cc(N)cc(OC(F)F)c1. The molecule has 0 radical (unpaired) electrons. The van der Waals surface area contributed by atoms with E-state index < -0.39 is 6.61 Å². The van der Waals surface area contributed by atoms with Gasteiger partial charge in [0.15, 0.2) is 0 Å². The molecule has 0 aliphatic rings. The van der Waals surface area contributed by atoms with E-state index in [-0.39, 0.29) is 18.0 Å². The number of nitrogen functional groups attached to an aromatic ring is 1. The maximum absolute atomic E-state index is 11.9. The first-order valence-corrected chi connectivity index (χ1v) is 4.31. The highest BCUT2D eigenvalue weighted by Gasteiger charge is 2.07. The Morgan fingerprint density at radius 1 is 1.47 bits per heavy atom. The van der Waals surface area contributed by atoms with Crippen molar-refractivity contribution < 1.29 is 18.3 Å². The molecule has 0 saturated heterocycles. The van der Waals surface area contributed by atoms with E-state index in [9.17, 15) is 13.6 Å². The van der Waals surface area contributed by atoms with Crippen LogP contribution < -0.4 is 10.5 Å². The summed E-state index contributed by atoms with van der Waals surface area (Å²) >= 11 is 0. The molecule has 3 nitrogen and oxygen atoms in total. The molecular formula is C10H11F2NO2. The number of nitrogens with two attached hydrogens (primary N) is 1. The molecule has 0 fully saturated rings. The Morgan fingerprint density at radius 2 is 2.13 bits per heavy atom. The van der Waals surface area contributed by atoms with Gasteiger partial charge in [0.05, 0.1) is 0 Å². The molecule has 1 aromatic rings. The van der Waals surface area contributed by atoms with Gasteiger partial charge >= 0.3 is 6.61 Å². The smallest absolute Gasteiger partial charge is 0.387 e. The van der Waals surface area contributed by atoms with Crippen molar-refractivity contribution in [2.24, 2.45) is 0 Å². The van der Waals surface area contributed by atoms with E-state index in [0.29, 0.717) is 11.3 Å². The minimum Gasteiger partial charge on any atom is -0.435 e. The van der Waals surface area contributed by atoms with Crippen LogP contribution in [0.1, 0.15) is 12.5 Å². The Balaban J connectivity index is 2.89. The number of rotatable bonds is 4. The maximum Gasteiger partial charge on any atom is 0.387 e. The fraction of sp³-hybridized carbons (Fsp3) is 0.300. The summed E-state index contributed by atoms with van der Waals surface area (Å²) in [7, 11) is 0. The summed E-state index contributed by atoms with van der Waals surface area (Å²) in [5.74, 6) is -0.0927. The van der Waals surface area contributed by atoms with Crippen LogP contribution in [0.15, 0.2) is 18.2 Å². The van der Waals surface area contributed by atoms with Crippen molar-refractivity contribution in [1.82, 2.24) is 0 Å². The molecule has 2 N–H and O–H groups in total. The van der Waals surface area contributed by atoms with Crippen molar-refractivity contribution in [3.63, 3.8) is 0 Å². The van der Waals surface area contributed by atoms with Crippen LogP contribution in [0.4, 0.5) is 14.5 Å². The lowest BCUT2D eigenvalue weighted by molar-refractivity contribution is -0.116. The van der Waals surface area contributed by atoms with Crippen LogP contribution in [-0.2, 0) is 11.2 Å². The van der Waals surface area contributed by atoms with Crippen molar-refractivity contribution in [3.05, 3.63) is 23.8 Å². The molecule has 1 rings (SSSR count). The predicted molar refractivity (Wildman–Crippen MR) is 51.9 cm³/mol. The van der Waals surface area contributed by atoms with E-state index in [1.165, 1.54) is 19.1 Å². The summed E-state index contributed by atoms with van der Waals surface area (Å²) in [6.07, 6.45) is 0.157. The standard InChI is InChI=1S/C10H11F2NO2/c1-6(14)2-7-3-8(13)5-9(4-7)15-10(11)12/h3-5,10H,2,13H2,1H3. The maximum atomic E-state index is 11.9. The molecule has 82 valence electrons. The van der Waals surface area contributed by atoms with Gasteiger partial charge in [0, 0.05) is 18.2 Å².